The standard InChI is InChI=1S/C38H59NO4/c1-9-23-39-31(41)11-10-12-32(42)43-24-38-20-15-26(25(2)3)33(38)27-13-14-29-35(6)18-17-30(40)34(4,5)28(35)16-19-37(29,8)36(27,7)21-22-38/h1,26-30,33,40H,2,10-24H2,3-8H3,(H,39,41)/t26-,27+,28-,29+,30-,33+,35-,36+,37+,38+/m0/s1. The zero-order valence-electron chi connectivity index (χ0n) is 28.0. The van der Waals surface area contributed by atoms with Gasteiger partial charge in [-0.15, -0.1) is 6.42 Å². The number of hydrogen-bond acceptors (Lipinski definition) is 4. The van der Waals surface area contributed by atoms with Crippen LogP contribution in [0, 0.1) is 69.0 Å². The van der Waals surface area contributed by atoms with Crippen molar-refractivity contribution < 1.29 is 19.4 Å². The smallest absolute Gasteiger partial charge is 0.305 e. The maximum absolute atomic E-state index is 12.9. The highest BCUT2D eigenvalue weighted by atomic mass is 16.5. The summed E-state index contributed by atoms with van der Waals surface area (Å²) in [7, 11) is 0. The normalized spacial score (nSPS) is 44.5. The fourth-order valence-corrected chi connectivity index (χ4v) is 12.5. The fraction of sp³-hybridized carbons (Fsp3) is 0.842. The molecule has 0 aliphatic heterocycles. The van der Waals surface area contributed by atoms with E-state index in [4.69, 9.17) is 11.2 Å². The highest BCUT2D eigenvalue weighted by Gasteiger charge is 2.71. The van der Waals surface area contributed by atoms with E-state index < -0.39 is 0 Å². The first kappa shape index (κ1) is 32.6. The van der Waals surface area contributed by atoms with Gasteiger partial charge in [0.25, 0.3) is 0 Å². The Bertz CT molecular complexity index is 1150. The Morgan fingerprint density at radius 3 is 2.37 bits per heavy atom. The zero-order valence-corrected chi connectivity index (χ0v) is 28.0. The molecule has 5 rings (SSSR count). The molecule has 240 valence electrons. The third kappa shape index (κ3) is 5.10. The predicted octanol–water partition coefficient (Wildman–Crippen LogP) is 7.47. The van der Waals surface area contributed by atoms with Crippen LogP contribution in [0.25, 0.3) is 0 Å². The van der Waals surface area contributed by atoms with Crippen LogP contribution in [0.4, 0.5) is 0 Å². The molecule has 0 saturated heterocycles. The summed E-state index contributed by atoms with van der Waals surface area (Å²) in [6.07, 6.45) is 17.7. The quantitative estimate of drug-likeness (QED) is 0.174. The molecule has 0 aromatic rings. The van der Waals surface area contributed by atoms with Crippen molar-refractivity contribution in [2.45, 2.75) is 131 Å². The summed E-state index contributed by atoms with van der Waals surface area (Å²) in [6, 6.07) is 0. The van der Waals surface area contributed by atoms with Gasteiger partial charge < -0.3 is 15.2 Å². The number of ether oxygens (including phenoxy) is 1. The average Bonchev–Trinajstić information content (AvgIpc) is 3.34. The monoisotopic (exact) mass is 593 g/mol. The number of aliphatic hydroxyl groups is 1. The summed E-state index contributed by atoms with van der Waals surface area (Å²) < 4.78 is 6.08. The van der Waals surface area contributed by atoms with Gasteiger partial charge in [-0.1, -0.05) is 52.7 Å². The first-order chi connectivity index (χ1) is 20.2. The van der Waals surface area contributed by atoms with Crippen molar-refractivity contribution in [3.05, 3.63) is 12.2 Å². The molecule has 5 saturated carbocycles. The second kappa shape index (κ2) is 11.5. The summed E-state index contributed by atoms with van der Waals surface area (Å²) in [6.45, 7) is 20.0. The molecule has 0 radical (unpaired) electrons. The highest BCUT2D eigenvalue weighted by Crippen LogP contribution is 2.77. The molecule has 5 aliphatic rings. The van der Waals surface area contributed by atoms with Crippen LogP contribution in [0.5, 0.6) is 0 Å². The number of carbonyl (C=O) groups excluding carboxylic acids is 2. The van der Waals surface area contributed by atoms with E-state index in [1.165, 1.54) is 37.7 Å². The fourth-order valence-electron chi connectivity index (χ4n) is 12.5. The average molecular weight is 594 g/mol. The summed E-state index contributed by atoms with van der Waals surface area (Å²) in [5.41, 5.74) is 2.08. The van der Waals surface area contributed by atoms with Gasteiger partial charge in [0.1, 0.15) is 0 Å². The number of rotatable bonds is 8. The second-order valence-corrected chi connectivity index (χ2v) is 16.9. The van der Waals surface area contributed by atoms with E-state index in [2.05, 4.69) is 59.4 Å². The number of carbonyl (C=O) groups is 2. The summed E-state index contributed by atoms with van der Waals surface area (Å²) in [5.74, 6) is 4.95. The van der Waals surface area contributed by atoms with Gasteiger partial charge in [-0.3, -0.25) is 9.59 Å². The number of nitrogens with one attached hydrogen (secondary N) is 1. The van der Waals surface area contributed by atoms with Crippen LogP contribution in [0.2, 0.25) is 0 Å². The Hall–Kier alpha value is -1.80. The van der Waals surface area contributed by atoms with Crippen molar-refractivity contribution in [1.82, 2.24) is 5.32 Å². The van der Waals surface area contributed by atoms with Crippen molar-refractivity contribution in [1.29, 1.82) is 0 Å². The Morgan fingerprint density at radius 2 is 1.67 bits per heavy atom. The molecule has 0 bridgehead atoms. The number of esters is 1. The van der Waals surface area contributed by atoms with Gasteiger partial charge in [-0.25, -0.2) is 0 Å². The van der Waals surface area contributed by atoms with Crippen LogP contribution in [-0.2, 0) is 14.3 Å². The maximum atomic E-state index is 12.9. The number of amides is 1. The number of terminal acetylenes is 1. The van der Waals surface area contributed by atoms with E-state index in [0.717, 1.165) is 32.1 Å². The van der Waals surface area contributed by atoms with Crippen LogP contribution in [0.15, 0.2) is 12.2 Å². The van der Waals surface area contributed by atoms with Crippen molar-refractivity contribution in [3.8, 4) is 12.3 Å². The number of allylic oxidation sites excluding steroid dienone is 1. The van der Waals surface area contributed by atoms with E-state index >= 15 is 0 Å². The Kier molecular flexibility index (Phi) is 8.74. The Labute approximate surface area is 261 Å². The SMILES string of the molecule is C#CCNC(=O)CCCC(=O)OC[C@]12CC[C@@H](C(=C)C)[C@@H]1[C@H]1CC[C@@H]3[C@@]4(C)CC[C@H](O)C(C)(C)[C@@H]4CC[C@@]3(C)[C@]1(C)CC2. The first-order valence-corrected chi connectivity index (χ1v) is 17.4. The molecule has 0 spiro atoms. The summed E-state index contributed by atoms with van der Waals surface area (Å²) in [5, 5.41) is 13.7. The lowest BCUT2D eigenvalue weighted by Crippen LogP contribution is -2.66. The van der Waals surface area contributed by atoms with Crippen molar-refractivity contribution >= 4 is 11.9 Å². The minimum absolute atomic E-state index is 0.0227. The Morgan fingerprint density at radius 1 is 0.930 bits per heavy atom. The molecule has 5 heteroatoms. The van der Waals surface area contributed by atoms with Crippen molar-refractivity contribution in [3.63, 3.8) is 0 Å². The molecule has 0 unspecified atom stereocenters. The van der Waals surface area contributed by atoms with E-state index in [1.54, 1.807) is 0 Å². The van der Waals surface area contributed by atoms with Gasteiger partial charge in [0.2, 0.25) is 5.91 Å². The van der Waals surface area contributed by atoms with Gasteiger partial charge in [0, 0.05) is 18.3 Å². The molecule has 2 N–H and O–H groups in total. The summed E-state index contributed by atoms with van der Waals surface area (Å²) >= 11 is 0. The molecule has 43 heavy (non-hydrogen) atoms. The first-order valence-electron chi connectivity index (χ1n) is 17.4. The van der Waals surface area contributed by atoms with Crippen molar-refractivity contribution in [2.75, 3.05) is 13.2 Å². The number of hydrogen-bond donors (Lipinski definition) is 2. The molecule has 0 aromatic carbocycles. The van der Waals surface area contributed by atoms with Gasteiger partial charge >= 0.3 is 5.97 Å². The van der Waals surface area contributed by atoms with Gasteiger partial charge in [0.15, 0.2) is 0 Å². The number of fused-ring (bicyclic) bond motifs is 7. The topological polar surface area (TPSA) is 75.6 Å². The molecule has 10 atom stereocenters. The van der Waals surface area contributed by atoms with Crippen LogP contribution in [0.1, 0.15) is 125 Å². The number of aliphatic hydroxyl groups excluding tert-OH is 1. The molecular formula is C38H59NO4. The summed E-state index contributed by atoms with van der Waals surface area (Å²) in [4.78, 5) is 24.8. The van der Waals surface area contributed by atoms with E-state index in [9.17, 15) is 14.7 Å². The highest BCUT2D eigenvalue weighted by molar-refractivity contribution is 5.77. The van der Waals surface area contributed by atoms with Gasteiger partial charge in [-0.2, -0.15) is 0 Å². The van der Waals surface area contributed by atoms with Crippen LogP contribution >= 0.6 is 0 Å². The van der Waals surface area contributed by atoms with Crippen LogP contribution in [0.3, 0.4) is 0 Å². The predicted molar refractivity (Wildman–Crippen MR) is 172 cm³/mol. The van der Waals surface area contributed by atoms with Crippen molar-refractivity contribution in [2.24, 2.45) is 56.7 Å². The molecule has 5 nitrogen and oxygen atoms in total. The third-order valence-corrected chi connectivity index (χ3v) is 14.9. The van der Waals surface area contributed by atoms with E-state index in [0.29, 0.717) is 49.0 Å². The largest absolute Gasteiger partial charge is 0.465 e. The van der Waals surface area contributed by atoms with Gasteiger partial charge in [-0.05, 0) is 129 Å². The van der Waals surface area contributed by atoms with E-state index in [-0.39, 0.29) is 58.0 Å². The van der Waals surface area contributed by atoms with E-state index in [1.807, 2.05) is 0 Å². The minimum atomic E-state index is -0.194. The Balaban J connectivity index is 1.35. The zero-order chi connectivity index (χ0) is 31.4. The minimum Gasteiger partial charge on any atom is -0.465 e. The molecule has 1 amide bonds. The lowest BCUT2D eigenvalue weighted by atomic mass is 9.32. The molecule has 5 fully saturated rings. The van der Waals surface area contributed by atoms with Crippen LogP contribution in [-0.4, -0.2) is 36.2 Å². The molecule has 0 heterocycles. The van der Waals surface area contributed by atoms with Gasteiger partial charge in [0.05, 0.1) is 19.3 Å². The second-order valence-electron chi connectivity index (χ2n) is 16.9. The maximum Gasteiger partial charge on any atom is 0.305 e. The van der Waals surface area contributed by atoms with Crippen LogP contribution < -0.4 is 5.32 Å². The third-order valence-electron chi connectivity index (χ3n) is 14.9. The molecular weight excluding hydrogens is 534 g/mol. The lowest BCUT2D eigenvalue weighted by molar-refractivity contribution is -0.250. The molecule has 0 aromatic heterocycles. The molecule has 5 aliphatic carbocycles. The lowest BCUT2D eigenvalue weighted by Gasteiger charge is -2.73.